The van der Waals surface area contributed by atoms with Crippen LogP contribution in [0.3, 0.4) is 0 Å². The van der Waals surface area contributed by atoms with Crippen LogP contribution in [0.15, 0.2) is 30.3 Å². The van der Waals surface area contributed by atoms with Crippen molar-refractivity contribution in [3.8, 4) is 0 Å². The summed E-state index contributed by atoms with van der Waals surface area (Å²) in [7, 11) is 0. The average Bonchev–Trinajstić information content (AvgIpc) is 2.44. The Bertz CT molecular complexity index is 406. The van der Waals surface area contributed by atoms with Crippen LogP contribution in [0.25, 0.3) is 0 Å². The molecule has 0 fully saturated rings. The molecule has 1 rings (SSSR count). The third-order valence-electron chi connectivity index (χ3n) is 2.58. The standard InChI is InChI=1S/C14H20N2O3/c1-3-12(13(17)15-4-2)16-14(18)19-10-11-8-6-5-7-9-11/h5-9,12H,3-4,10H2,1-2H3,(H,15,17)(H,16,18)/t12-/m0/s1. The van der Waals surface area contributed by atoms with Crippen LogP contribution >= 0.6 is 0 Å². The molecule has 0 saturated heterocycles. The minimum absolute atomic E-state index is 0.193. The smallest absolute Gasteiger partial charge is 0.408 e. The number of amides is 2. The van der Waals surface area contributed by atoms with Crippen LogP contribution in [0.2, 0.25) is 0 Å². The van der Waals surface area contributed by atoms with Crippen LogP contribution in [0.4, 0.5) is 4.79 Å². The Labute approximate surface area is 113 Å². The molecule has 0 radical (unpaired) electrons. The molecule has 0 aromatic heterocycles. The van der Waals surface area contributed by atoms with Gasteiger partial charge in [-0.1, -0.05) is 37.3 Å². The first kappa shape index (κ1) is 15.0. The van der Waals surface area contributed by atoms with Gasteiger partial charge >= 0.3 is 6.09 Å². The normalized spacial score (nSPS) is 11.5. The first-order valence-corrected chi connectivity index (χ1v) is 6.42. The van der Waals surface area contributed by atoms with Gasteiger partial charge in [-0.3, -0.25) is 4.79 Å². The molecule has 0 saturated carbocycles. The van der Waals surface area contributed by atoms with Gasteiger partial charge in [0.25, 0.3) is 0 Å². The molecule has 0 heterocycles. The van der Waals surface area contributed by atoms with E-state index < -0.39 is 12.1 Å². The Kier molecular flexibility index (Phi) is 6.43. The molecule has 0 spiro atoms. The lowest BCUT2D eigenvalue weighted by Crippen LogP contribution is -2.46. The molecule has 0 aliphatic heterocycles. The maximum Gasteiger partial charge on any atom is 0.408 e. The maximum atomic E-state index is 11.6. The second-order valence-corrected chi connectivity index (χ2v) is 4.06. The van der Waals surface area contributed by atoms with Gasteiger partial charge in [0.2, 0.25) is 5.91 Å². The number of likely N-dealkylation sites (N-methyl/N-ethyl adjacent to an activating group) is 1. The number of nitrogens with one attached hydrogen (secondary N) is 2. The molecule has 2 amide bonds. The van der Waals surface area contributed by atoms with Crippen molar-refractivity contribution in [2.45, 2.75) is 32.9 Å². The Balaban J connectivity index is 2.39. The van der Waals surface area contributed by atoms with E-state index in [4.69, 9.17) is 4.74 Å². The van der Waals surface area contributed by atoms with Gasteiger partial charge in [-0.25, -0.2) is 4.79 Å². The third-order valence-corrected chi connectivity index (χ3v) is 2.58. The van der Waals surface area contributed by atoms with E-state index >= 15 is 0 Å². The lowest BCUT2D eigenvalue weighted by Gasteiger charge is -2.16. The minimum atomic E-state index is -0.582. The van der Waals surface area contributed by atoms with Gasteiger partial charge in [-0.05, 0) is 18.9 Å². The summed E-state index contributed by atoms with van der Waals surface area (Å²) in [6.45, 7) is 4.39. The largest absolute Gasteiger partial charge is 0.445 e. The quantitative estimate of drug-likeness (QED) is 0.823. The fraction of sp³-hybridized carbons (Fsp3) is 0.429. The molecular formula is C14H20N2O3. The second-order valence-electron chi connectivity index (χ2n) is 4.06. The summed E-state index contributed by atoms with van der Waals surface area (Å²) in [5.41, 5.74) is 0.906. The molecule has 1 aromatic rings. The average molecular weight is 264 g/mol. The number of carbonyl (C=O) groups excluding carboxylic acids is 2. The van der Waals surface area contributed by atoms with Gasteiger partial charge in [0.05, 0.1) is 0 Å². The highest BCUT2D eigenvalue weighted by Crippen LogP contribution is 2.01. The van der Waals surface area contributed by atoms with E-state index in [0.717, 1.165) is 5.56 Å². The van der Waals surface area contributed by atoms with Crippen molar-refractivity contribution in [1.29, 1.82) is 0 Å². The van der Waals surface area contributed by atoms with Gasteiger partial charge in [-0.15, -0.1) is 0 Å². The first-order chi connectivity index (χ1) is 9.17. The SMILES string of the molecule is CCNC(=O)[C@H](CC)NC(=O)OCc1ccccc1. The predicted molar refractivity (Wildman–Crippen MR) is 72.5 cm³/mol. The van der Waals surface area contributed by atoms with Gasteiger partial charge in [0.1, 0.15) is 12.6 Å². The van der Waals surface area contributed by atoms with Gasteiger partial charge < -0.3 is 15.4 Å². The lowest BCUT2D eigenvalue weighted by atomic mass is 10.2. The zero-order valence-electron chi connectivity index (χ0n) is 11.3. The van der Waals surface area contributed by atoms with Crippen molar-refractivity contribution in [3.05, 3.63) is 35.9 Å². The van der Waals surface area contributed by atoms with Gasteiger partial charge in [-0.2, -0.15) is 0 Å². The van der Waals surface area contributed by atoms with E-state index in [1.165, 1.54) is 0 Å². The first-order valence-electron chi connectivity index (χ1n) is 6.42. The van der Waals surface area contributed by atoms with Crippen LogP contribution in [0.1, 0.15) is 25.8 Å². The molecule has 2 N–H and O–H groups in total. The van der Waals surface area contributed by atoms with E-state index in [2.05, 4.69) is 10.6 Å². The zero-order valence-corrected chi connectivity index (χ0v) is 11.3. The minimum Gasteiger partial charge on any atom is -0.445 e. The molecule has 19 heavy (non-hydrogen) atoms. The Hall–Kier alpha value is -2.04. The van der Waals surface area contributed by atoms with Crippen molar-refractivity contribution in [2.24, 2.45) is 0 Å². The van der Waals surface area contributed by atoms with Gasteiger partial charge in [0.15, 0.2) is 0 Å². The number of benzene rings is 1. The number of alkyl carbamates (subject to hydrolysis) is 1. The fourth-order valence-electron chi connectivity index (χ4n) is 1.56. The number of hydrogen-bond acceptors (Lipinski definition) is 3. The number of ether oxygens (including phenoxy) is 1. The molecule has 5 heteroatoms. The molecule has 0 aliphatic rings. The van der Waals surface area contributed by atoms with E-state index in [1.807, 2.05) is 44.2 Å². The van der Waals surface area contributed by atoms with E-state index in [9.17, 15) is 9.59 Å². The second kappa shape index (κ2) is 8.13. The van der Waals surface area contributed by atoms with Crippen molar-refractivity contribution in [2.75, 3.05) is 6.54 Å². The molecule has 104 valence electrons. The summed E-state index contributed by atoms with van der Waals surface area (Å²) in [5.74, 6) is -0.193. The molecule has 0 unspecified atom stereocenters. The molecule has 1 aromatic carbocycles. The van der Waals surface area contributed by atoms with Gasteiger partial charge in [0, 0.05) is 6.54 Å². The highest BCUT2D eigenvalue weighted by Gasteiger charge is 2.18. The monoisotopic (exact) mass is 264 g/mol. The highest BCUT2D eigenvalue weighted by atomic mass is 16.5. The zero-order chi connectivity index (χ0) is 14.1. The van der Waals surface area contributed by atoms with Crippen molar-refractivity contribution in [3.63, 3.8) is 0 Å². The number of rotatable bonds is 6. The van der Waals surface area contributed by atoms with E-state index in [0.29, 0.717) is 13.0 Å². The van der Waals surface area contributed by atoms with Crippen LogP contribution in [0.5, 0.6) is 0 Å². The van der Waals surface area contributed by atoms with Crippen LogP contribution < -0.4 is 10.6 Å². The third kappa shape index (κ3) is 5.42. The van der Waals surface area contributed by atoms with Crippen molar-refractivity contribution in [1.82, 2.24) is 10.6 Å². The molecule has 1 atom stereocenters. The highest BCUT2D eigenvalue weighted by molar-refractivity contribution is 5.85. The topological polar surface area (TPSA) is 67.4 Å². The Morgan fingerprint density at radius 3 is 2.47 bits per heavy atom. The maximum absolute atomic E-state index is 11.6. The van der Waals surface area contributed by atoms with E-state index in [1.54, 1.807) is 0 Å². The summed E-state index contributed by atoms with van der Waals surface area (Å²) in [6.07, 6.45) is -0.0614. The fourth-order valence-corrected chi connectivity index (χ4v) is 1.56. The van der Waals surface area contributed by atoms with Crippen molar-refractivity contribution >= 4 is 12.0 Å². The Morgan fingerprint density at radius 2 is 1.89 bits per heavy atom. The summed E-state index contributed by atoms with van der Waals surface area (Å²) >= 11 is 0. The van der Waals surface area contributed by atoms with Crippen molar-refractivity contribution < 1.29 is 14.3 Å². The number of hydrogen-bond donors (Lipinski definition) is 2. The summed E-state index contributed by atoms with van der Waals surface area (Å²) in [6, 6.07) is 8.83. The molecular weight excluding hydrogens is 244 g/mol. The predicted octanol–water partition coefficient (Wildman–Crippen LogP) is 1.83. The molecule has 0 bridgehead atoms. The summed E-state index contributed by atoms with van der Waals surface area (Å²) in [5, 5.41) is 5.21. The Morgan fingerprint density at radius 1 is 1.21 bits per heavy atom. The summed E-state index contributed by atoms with van der Waals surface area (Å²) < 4.78 is 5.06. The van der Waals surface area contributed by atoms with Crippen LogP contribution in [0, 0.1) is 0 Å². The van der Waals surface area contributed by atoms with E-state index in [-0.39, 0.29) is 12.5 Å². The molecule has 5 nitrogen and oxygen atoms in total. The van der Waals surface area contributed by atoms with Crippen LogP contribution in [-0.2, 0) is 16.1 Å². The number of carbonyl (C=O) groups is 2. The lowest BCUT2D eigenvalue weighted by molar-refractivity contribution is -0.123. The molecule has 0 aliphatic carbocycles. The summed E-state index contributed by atoms with van der Waals surface area (Å²) in [4.78, 5) is 23.2. The van der Waals surface area contributed by atoms with Crippen LogP contribution in [-0.4, -0.2) is 24.6 Å².